The van der Waals surface area contributed by atoms with Gasteiger partial charge in [0.1, 0.15) is 18.1 Å². The Labute approximate surface area is 162 Å². The number of anilines is 1. The highest BCUT2D eigenvalue weighted by molar-refractivity contribution is 9.10. The van der Waals surface area contributed by atoms with Crippen LogP contribution in [-0.2, 0) is 4.74 Å². The lowest BCUT2D eigenvalue weighted by atomic mass is 10.2. The van der Waals surface area contributed by atoms with Gasteiger partial charge in [-0.1, -0.05) is 13.0 Å². The molecule has 0 heterocycles. The van der Waals surface area contributed by atoms with Crippen molar-refractivity contribution in [2.45, 2.75) is 26.4 Å². The Balaban J connectivity index is 2.03. The highest BCUT2D eigenvalue weighted by Gasteiger charge is 2.11. The first kappa shape index (κ1) is 20.3. The Morgan fingerprint density at radius 1 is 1.19 bits per heavy atom. The number of methoxy groups -OCH3 is 1. The van der Waals surface area contributed by atoms with E-state index in [0.717, 1.165) is 16.6 Å². The van der Waals surface area contributed by atoms with Gasteiger partial charge in [0, 0.05) is 24.4 Å². The predicted octanol–water partition coefficient (Wildman–Crippen LogP) is 4.90. The lowest BCUT2D eigenvalue weighted by Crippen LogP contribution is -2.13. The minimum absolute atomic E-state index is 0.127. The molecule has 0 saturated carbocycles. The van der Waals surface area contributed by atoms with E-state index >= 15 is 0 Å². The first-order valence-electron chi connectivity index (χ1n) is 8.52. The topological polar surface area (TPSA) is 56.8 Å². The predicted molar refractivity (Wildman–Crippen MR) is 106 cm³/mol. The number of hydrogen-bond donors (Lipinski definition) is 1. The van der Waals surface area contributed by atoms with E-state index in [4.69, 9.17) is 14.2 Å². The first-order chi connectivity index (χ1) is 12.5. The average Bonchev–Trinajstić information content (AvgIpc) is 2.63. The number of carbonyl (C=O) groups is 1. The fraction of sp³-hybridized carbons (Fsp3) is 0.350. The monoisotopic (exact) mass is 421 g/mol. The van der Waals surface area contributed by atoms with Gasteiger partial charge in [-0.25, -0.2) is 0 Å². The van der Waals surface area contributed by atoms with Crippen LogP contribution in [0.15, 0.2) is 46.9 Å². The molecule has 0 aliphatic heterocycles. The van der Waals surface area contributed by atoms with Gasteiger partial charge in [0.2, 0.25) is 0 Å². The molecular weight excluding hydrogens is 398 g/mol. The van der Waals surface area contributed by atoms with E-state index in [1.54, 1.807) is 25.3 Å². The lowest BCUT2D eigenvalue weighted by molar-refractivity contribution is 0.102. The average molecular weight is 422 g/mol. The molecule has 0 fully saturated rings. The minimum atomic E-state index is -0.199. The second kappa shape index (κ2) is 10.2. The fourth-order valence-corrected chi connectivity index (χ4v) is 2.65. The molecule has 2 aromatic carbocycles. The number of halogens is 1. The molecule has 6 heteroatoms. The van der Waals surface area contributed by atoms with E-state index in [-0.39, 0.29) is 12.0 Å². The number of hydrogen-bond acceptors (Lipinski definition) is 4. The molecule has 0 aliphatic rings. The zero-order valence-corrected chi connectivity index (χ0v) is 16.8. The van der Waals surface area contributed by atoms with Gasteiger partial charge in [-0.3, -0.25) is 4.79 Å². The summed E-state index contributed by atoms with van der Waals surface area (Å²) in [5.74, 6) is 1.21. The van der Waals surface area contributed by atoms with E-state index in [1.807, 2.05) is 31.2 Å². The summed E-state index contributed by atoms with van der Waals surface area (Å²) in [5.41, 5.74) is 1.22. The van der Waals surface area contributed by atoms with Crippen molar-refractivity contribution in [3.8, 4) is 11.5 Å². The summed E-state index contributed by atoms with van der Waals surface area (Å²) in [6, 6.07) is 12.6. The summed E-state index contributed by atoms with van der Waals surface area (Å²) in [5, 5.41) is 2.89. The normalized spacial score (nSPS) is 11.7. The van der Waals surface area contributed by atoms with Crippen LogP contribution in [0.1, 0.15) is 30.6 Å². The third-order valence-electron chi connectivity index (χ3n) is 3.74. The maximum atomic E-state index is 12.5. The number of carbonyl (C=O) groups excluding carboxylic acids is 1. The Kier molecular flexibility index (Phi) is 7.94. The fourth-order valence-electron chi connectivity index (χ4n) is 2.16. The Bertz CT molecular complexity index is 736. The van der Waals surface area contributed by atoms with Crippen LogP contribution in [0.4, 0.5) is 5.69 Å². The molecule has 1 amide bonds. The summed E-state index contributed by atoms with van der Waals surface area (Å²) in [6.07, 6.45) is 1.05. The summed E-state index contributed by atoms with van der Waals surface area (Å²) in [6.45, 7) is 5.03. The van der Waals surface area contributed by atoms with Gasteiger partial charge in [-0.2, -0.15) is 0 Å². The largest absolute Gasteiger partial charge is 0.491 e. The van der Waals surface area contributed by atoms with Crippen molar-refractivity contribution >= 4 is 27.5 Å². The van der Waals surface area contributed by atoms with Crippen LogP contribution < -0.4 is 14.8 Å². The molecule has 0 aromatic heterocycles. The smallest absolute Gasteiger partial charge is 0.255 e. The molecule has 5 nitrogen and oxygen atoms in total. The molecule has 2 aromatic rings. The number of rotatable bonds is 9. The quantitative estimate of drug-likeness (QED) is 0.584. The molecule has 1 unspecified atom stereocenters. The van der Waals surface area contributed by atoms with Crippen molar-refractivity contribution < 1.29 is 19.0 Å². The third-order valence-corrected chi connectivity index (χ3v) is 4.36. The molecule has 0 saturated heterocycles. The lowest BCUT2D eigenvalue weighted by Gasteiger charge is -2.14. The van der Waals surface area contributed by atoms with Crippen molar-refractivity contribution in [2.24, 2.45) is 0 Å². The van der Waals surface area contributed by atoms with Crippen LogP contribution in [-0.4, -0.2) is 32.3 Å². The van der Waals surface area contributed by atoms with Gasteiger partial charge in [0.05, 0.1) is 17.2 Å². The summed E-state index contributed by atoms with van der Waals surface area (Å²) >= 11 is 3.43. The number of ether oxygens (including phenoxy) is 3. The van der Waals surface area contributed by atoms with Crippen molar-refractivity contribution in [1.29, 1.82) is 0 Å². The second-order valence-corrected chi connectivity index (χ2v) is 6.66. The van der Waals surface area contributed by atoms with Crippen molar-refractivity contribution in [1.82, 2.24) is 0 Å². The standard InChI is InChI=1S/C20H24BrNO4/c1-4-14(2)26-17-7-5-6-16(13-17)22-20(23)15-8-9-19(18(21)12-15)25-11-10-24-3/h5-9,12-14H,4,10-11H2,1-3H3,(H,22,23). The maximum absolute atomic E-state index is 12.5. The Morgan fingerprint density at radius 3 is 2.69 bits per heavy atom. The highest BCUT2D eigenvalue weighted by Crippen LogP contribution is 2.27. The van der Waals surface area contributed by atoms with E-state index in [1.165, 1.54) is 0 Å². The molecule has 0 radical (unpaired) electrons. The molecule has 0 bridgehead atoms. The van der Waals surface area contributed by atoms with Gasteiger partial charge >= 0.3 is 0 Å². The minimum Gasteiger partial charge on any atom is -0.491 e. The van der Waals surface area contributed by atoms with Gasteiger partial charge < -0.3 is 19.5 Å². The third kappa shape index (κ3) is 6.04. The molecule has 1 atom stereocenters. The van der Waals surface area contributed by atoms with E-state index in [2.05, 4.69) is 28.2 Å². The van der Waals surface area contributed by atoms with Crippen LogP contribution in [0.3, 0.4) is 0 Å². The zero-order chi connectivity index (χ0) is 18.9. The van der Waals surface area contributed by atoms with Crippen molar-refractivity contribution in [2.75, 3.05) is 25.6 Å². The summed E-state index contributed by atoms with van der Waals surface area (Å²) in [4.78, 5) is 12.5. The molecule has 2 rings (SSSR count). The summed E-state index contributed by atoms with van der Waals surface area (Å²) < 4.78 is 17.0. The SMILES string of the molecule is CCC(C)Oc1cccc(NC(=O)c2ccc(OCCOC)c(Br)c2)c1. The van der Waals surface area contributed by atoms with Gasteiger partial charge in [-0.05, 0) is 59.6 Å². The van der Waals surface area contributed by atoms with Gasteiger partial charge in [0.15, 0.2) is 0 Å². The second-order valence-electron chi connectivity index (χ2n) is 5.81. The molecule has 0 spiro atoms. The molecule has 26 heavy (non-hydrogen) atoms. The molecule has 0 aliphatic carbocycles. The van der Waals surface area contributed by atoms with Crippen LogP contribution >= 0.6 is 15.9 Å². The van der Waals surface area contributed by atoms with Crippen LogP contribution in [0.2, 0.25) is 0 Å². The Hall–Kier alpha value is -2.05. The van der Waals surface area contributed by atoms with Crippen LogP contribution in [0.25, 0.3) is 0 Å². The Morgan fingerprint density at radius 2 is 2.00 bits per heavy atom. The highest BCUT2D eigenvalue weighted by atomic mass is 79.9. The molecule has 1 N–H and O–H groups in total. The molecular formula is C20H24BrNO4. The number of nitrogens with one attached hydrogen (secondary N) is 1. The van der Waals surface area contributed by atoms with Crippen molar-refractivity contribution in [3.63, 3.8) is 0 Å². The van der Waals surface area contributed by atoms with Crippen LogP contribution in [0, 0.1) is 0 Å². The van der Waals surface area contributed by atoms with Crippen LogP contribution in [0.5, 0.6) is 11.5 Å². The maximum Gasteiger partial charge on any atom is 0.255 e. The van der Waals surface area contributed by atoms with E-state index in [0.29, 0.717) is 30.2 Å². The molecule has 140 valence electrons. The van der Waals surface area contributed by atoms with E-state index < -0.39 is 0 Å². The van der Waals surface area contributed by atoms with Gasteiger partial charge in [0.25, 0.3) is 5.91 Å². The van der Waals surface area contributed by atoms with Gasteiger partial charge in [-0.15, -0.1) is 0 Å². The number of amides is 1. The van der Waals surface area contributed by atoms with E-state index in [9.17, 15) is 4.79 Å². The van der Waals surface area contributed by atoms with Crippen molar-refractivity contribution in [3.05, 3.63) is 52.5 Å². The number of benzene rings is 2. The first-order valence-corrected chi connectivity index (χ1v) is 9.32. The summed E-state index contributed by atoms with van der Waals surface area (Å²) in [7, 11) is 1.62. The zero-order valence-electron chi connectivity index (χ0n) is 15.3.